The molecule has 1 atom stereocenters. The molecular formula is C10H15BrFN3. The van der Waals surface area contributed by atoms with E-state index < -0.39 is 5.67 Å². The van der Waals surface area contributed by atoms with Crippen LogP contribution in [0.2, 0.25) is 0 Å². The summed E-state index contributed by atoms with van der Waals surface area (Å²) in [5, 5.41) is 7.26. The highest BCUT2D eigenvalue weighted by molar-refractivity contribution is 9.10. The van der Waals surface area contributed by atoms with Crippen LogP contribution in [-0.2, 0) is 12.2 Å². The van der Waals surface area contributed by atoms with Gasteiger partial charge in [0.25, 0.3) is 0 Å². The summed E-state index contributed by atoms with van der Waals surface area (Å²) >= 11 is 3.38. The van der Waals surface area contributed by atoms with Gasteiger partial charge in [0.1, 0.15) is 0 Å². The minimum atomic E-state index is -1.26. The second-order valence-corrected chi connectivity index (χ2v) is 4.81. The quantitative estimate of drug-likeness (QED) is 0.917. The first kappa shape index (κ1) is 11.1. The molecule has 1 fully saturated rings. The number of alkyl halides is 1. The van der Waals surface area contributed by atoms with Gasteiger partial charge in [0.15, 0.2) is 5.67 Å². The second-order valence-electron chi connectivity index (χ2n) is 3.96. The minimum Gasteiger partial charge on any atom is -0.313 e. The zero-order valence-corrected chi connectivity index (χ0v) is 10.3. The molecule has 0 saturated carbocycles. The lowest BCUT2D eigenvalue weighted by atomic mass is 10.0. The molecule has 0 aliphatic carbocycles. The van der Waals surface area contributed by atoms with Crippen molar-refractivity contribution in [3.05, 3.63) is 16.4 Å². The summed E-state index contributed by atoms with van der Waals surface area (Å²) in [6.45, 7) is 3.96. The Balaban J connectivity index is 2.36. The molecule has 1 aromatic heterocycles. The maximum atomic E-state index is 14.6. The minimum absolute atomic E-state index is 0.390. The van der Waals surface area contributed by atoms with Gasteiger partial charge in [-0.1, -0.05) is 6.92 Å². The monoisotopic (exact) mass is 275 g/mol. The average Bonchev–Trinajstić information content (AvgIpc) is 2.75. The molecule has 0 bridgehead atoms. The predicted octanol–water partition coefficient (Wildman–Crippen LogP) is 2.21. The van der Waals surface area contributed by atoms with E-state index in [1.54, 1.807) is 10.9 Å². The van der Waals surface area contributed by atoms with Crippen LogP contribution in [0.25, 0.3) is 0 Å². The Morgan fingerprint density at radius 1 is 1.73 bits per heavy atom. The lowest BCUT2D eigenvalue weighted by Gasteiger charge is -2.20. The van der Waals surface area contributed by atoms with Crippen LogP contribution in [0.4, 0.5) is 4.39 Å². The van der Waals surface area contributed by atoms with Crippen LogP contribution in [0.1, 0.15) is 25.5 Å². The SMILES string of the molecule is CCCn1ncc(Br)c1C1(F)CCNC1. The number of aromatic nitrogens is 2. The molecule has 1 saturated heterocycles. The predicted molar refractivity (Wildman–Crippen MR) is 60.5 cm³/mol. The first-order chi connectivity index (χ1) is 7.17. The van der Waals surface area contributed by atoms with Gasteiger partial charge in [-0.25, -0.2) is 4.39 Å². The number of rotatable bonds is 3. The molecular weight excluding hydrogens is 261 g/mol. The summed E-state index contributed by atoms with van der Waals surface area (Å²) in [5.41, 5.74) is -0.570. The Hall–Kier alpha value is -0.420. The van der Waals surface area contributed by atoms with Crippen LogP contribution < -0.4 is 5.32 Å². The summed E-state index contributed by atoms with van der Waals surface area (Å²) in [6.07, 6.45) is 3.18. The van der Waals surface area contributed by atoms with E-state index in [2.05, 4.69) is 33.3 Å². The van der Waals surface area contributed by atoms with Crippen LogP contribution in [0.3, 0.4) is 0 Å². The molecule has 2 rings (SSSR count). The molecule has 0 amide bonds. The second kappa shape index (κ2) is 4.22. The molecule has 0 aromatic carbocycles. The number of hydrogen-bond donors (Lipinski definition) is 1. The number of hydrogen-bond acceptors (Lipinski definition) is 2. The highest BCUT2D eigenvalue weighted by atomic mass is 79.9. The Labute approximate surface area is 97.2 Å². The number of nitrogens with one attached hydrogen (secondary N) is 1. The Morgan fingerprint density at radius 3 is 3.13 bits per heavy atom. The Bertz CT molecular complexity index is 344. The van der Waals surface area contributed by atoms with Crippen molar-refractivity contribution < 1.29 is 4.39 Å². The van der Waals surface area contributed by atoms with Crippen molar-refractivity contribution in [2.75, 3.05) is 13.1 Å². The van der Waals surface area contributed by atoms with Crippen molar-refractivity contribution in [2.24, 2.45) is 0 Å². The molecule has 5 heteroatoms. The van der Waals surface area contributed by atoms with Gasteiger partial charge in [-0.3, -0.25) is 4.68 Å². The highest BCUT2D eigenvalue weighted by Gasteiger charge is 2.40. The van der Waals surface area contributed by atoms with Gasteiger partial charge in [0.05, 0.1) is 16.4 Å². The van der Waals surface area contributed by atoms with E-state index in [1.807, 2.05) is 0 Å². The van der Waals surface area contributed by atoms with E-state index in [0.29, 0.717) is 18.7 Å². The first-order valence-electron chi connectivity index (χ1n) is 5.29. The molecule has 2 heterocycles. The topological polar surface area (TPSA) is 29.9 Å². The van der Waals surface area contributed by atoms with Gasteiger partial charge in [-0.2, -0.15) is 5.10 Å². The van der Waals surface area contributed by atoms with E-state index in [9.17, 15) is 4.39 Å². The van der Waals surface area contributed by atoms with Crippen molar-refractivity contribution >= 4 is 15.9 Å². The summed E-state index contributed by atoms with van der Waals surface area (Å²) in [6, 6.07) is 0. The number of halogens is 2. The van der Waals surface area contributed by atoms with Crippen LogP contribution in [-0.4, -0.2) is 22.9 Å². The third-order valence-electron chi connectivity index (χ3n) is 2.76. The molecule has 3 nitrogen and oxygen atoms in total. The fourth-order valence-electron chi connectivity index (χ4n) is 2.05. The molecule has 84 valence electrons. The van der Waals surface area contributed by atoms with Gasteiger partial charge in [0, 0.05) is 19.5 Å². The van der Waals surface area contributed by atoms with Gasteiger partial charge in [-0.05, 0) is 28.9 Å². The van der Waals surface area contributed by atoms with Crippen molar-refractivity contribution in [2.45, 2.75) is 32.0 Å². The molecule has 1 unspecified atom stereocenters. The molecule has 15 heavy (non-hydrogen) atoms. The van der Waals surface area contributed by atoms with Crippen LogP contribution in [0.5, 0.6) is 0 Å². The molecule has 1 N–H and O–H groups in total. The summed E-state index contributed by atoms with van der Waals surface area (Å²) in [4.78, 5) is 0. The lowest BCUT2D eigenvalue weighted by Crippen LogP contribution is -2.27. The third kappa shape index (κ3) is 1.95. The maximum Gasteiger partial charge on any atom is 0.167 e. The fourth-order valence-corrected chi connectivity index (χ4v) is 2.70. The standard InChI is InChI=1S/C10H15BrFN3/c1-2-5-15-9(8(11)6-14-15)10(12)3-4-13-7-10/h6,13H,2-5,7H2,1H3. The summed E-state index contributed by atoms with van der Waals surface area (Å²) in [7, 11) is 0. The summed E-state index contributed by atoms with van der Waals surface area (Å²) in [5.74, 6) is 0. The summed E-state index contributed by atoms with van der Waals surface area (Å²) < 4.78 is 17.1. The lowest BCUT2D eigenvalue weighted by molar-refractivity contribution is 0.175. The Morgan fingerprint density at radius 2 is 2.53 bits per heavy atom. The van der Waals surface area contributed by atoms with Crippen molar-refractivity contribution in [1.29, 1.82) is 0 Å². The van der Waals surface area contributed by atoms with E-state index >= 15 is 0 Å². The zero-order chi connectivity index (χ0) is 10.9. The molecule has 1 aliphatic rings. The van der Waals surface area contributed by atoms with E-state index in [4.69, 9.17) is 0 Å². The highest BCUT2D eigenvalue weighted by Crippen LogP contribution is 2.36. The third-order valence-corrected chi connectivity index (χ3v) is 3.34. The molecule has 1 aromatic rings. The van der Waals surface area contributed by atoms with Crippen LogP contribution >= 0.6 is 15.9 Å². The van der Waals surface area contributed by atoms with Crippen LogP contribution in [0, 0.1) is 0 Å². The van der Waals surface area contributed by atoms with Gasteiger partial charge in [0.2, 0.25) is 0 Å². The van der Waals surface area contributed by atoms with E-state index in [1.165, 1.54) is 0 Å². The largest absolute Gasteiger partial charge is 0.313 e. The van der Waals surface area contributed by atoms with Crippen molar-refractivity contribution in [1.82, 2.24) is 15.1 Å². The average molecular weight is 276 g/mol. The van der Waals surface area contributed by atoms with Crippen LogP contribution in [0.15, 0.2) is 10.7 Å². The van der Waals surface area contributed by atoms with E-state index in [-0.39, 0.29) is 0 Å². The smallest absolute Gasteiger partial charge is 0.167 e. The normalized spacial score (nSPS) is 26.1. The van der Waals surface area contributed by atoms with Gasteiger partial charge in [-0.15, -0.1) is 0 Å². The molecule has 0 spiro atoms. The van der Waals surface area contributed by atoms with Crippen molar-refractivity contribution in [3.63, 3.8) is 0 Å². The fraction of sp³-hybridized carbons (Fsp3) is 0.700. The van der Waals surface area contributed by atoms with Gasteiger partial charge < -0.3 is 5.32 Å². The number of aryl methyl sites for hydroxylation is 1. The molecule has 1 aliphatic heterocycles. The number of nitrogens with zero attached hydrogens (tertiary/aromatic N) is 2. The Kier molecular flexibility index (Phi) is 3.11. The molecule has 0 radical (unpaired) electrons. The zero-order valence-electron chi connectivity index (χ0n) is 8.76. The van der Waals surface area contributed by atoms with E-state index in [0.717, 1.165) is 24.0 Å². The van der Waals surface area contributed by atoms with Crippen molar-refractivity contribution in [3.8, 4) is 0 Å². The van der Waals surface area contributed by atoms with Gasteiger partial charge >= 0.3 is 0 Å². The maximum absolute atomic E-state index is 14.6. The first-order valence-corrected chi connectivity index (χ1v) is 6.08.